The van der Waals surface area contributed by atoms with E-state index < -0.39 is 71.7 Å². The van der Waals surface area contributed by atoms with Gasteiger partial charge in [0.1, 0.15) is 23.7 Å². The Morgan fingerprint density at radius 1 is 0.873 bits per heavy atom. The molecule has 1 amide bonds. The molecular formula is C51H79NO11. The predicted molar refractivity (Wildman–Crippen MR) is 242 cm³/mol. The summed E-state index contributed by atoms with van der Waals surface area (Å²) in [6, 6.07) is -1.10. The Morgan fingerprint density at radius 2 is 1.59 bits per heavy atom. The molecule has 354 valence electrons. The number of hydrogen-bond donors (Lipinski definition) is 3. The molecule has 0 radical (unpaired) electrons. The van der Waals surface area contributed by atoms with Crippen LogP contribution < -0.4 is 0 Å². The van der Waals surface area contributed by atoms with Crippen LogP contribution in [0.3, 0.4) is 0 Å². The number of fused-ring (bicyclic) bond motifs is 3. The largest absolute Gasteiger partial charge is 0.460 e. The molecule has 0 aromatic rings. The molecule has 4 rings (SSSR count). The second kappa shape index (κ2) is 23.8. The molecule has 3 fully saturated rings. The number of rotatable bonds is 4. The highest BCUT2D eigenvalue weighted by molar-refractivity contribution is 6.39. The van der Waals surface area contributed by atoms with E-state index in [1.54, 1.807) is 40.9 Å². The van der Waals surface area contributed by atoms with E-state index in [-0.39, 0.29) is 66.6 Å². The first-order valence-corrected chi connectivity index (χ1v) is 23.8. The summed E-state index contributed by atoms with van der Waals surface area (Å²) in [4.78, 5) is 71.5. The normalized spacial score (nSPS) is 40.0. The maximum absolute atomic E-state index is 14.3. The topological polar surface area (TPSA) is 177 Å². The molecule has 3 aliphatic heterocycles. The van der Waals surface area contributed by atoms with Gasteiger partial charge in [-0.15, -0.1) is 0 Å². The molecule has 15 atom stereocenters. The summed E-state index contributed by atoms with van der Waals surface area (Å²) in [5.41, 5.74) is 1.40. The number of carbonyl (C=O) groups excluding carboxylic acids is 5. The van der Waals surface area contributed by atoms with Crippen LogP contribution in [0.4, 0.5) is 0 Å². The van der Waals surface area contributed by atoms with Gasteiger partial charge in [-0.2, -0.15) is 0 Å². The molecule has 1 aliphatic carbocycles. The molecule has 3 N–H and O–H groups in total. The number of ether oxygens (including phenoxy) is 3. The van der Waals surface area contributed by atoms with Gasteiger partial charge in [-0.25, -0.2) is 4.79 Å². The fourth-order valence-electron chi connectivity index (χ4n) is 10.2. The van der Waals surface area contributed by atoms with Gasteiger partial charge in [0.15, 0.2) is 0 Å². The number of allylic oxidation sites excluding steroid dienone is 6. The average Bonchev–Trinajstić information content (AvgIpc) is 3.25. The summed E-state index contributed by atoms with van der Waals surface area (Å²) in [6.45, 7) is 16.8. The van der Waals surface area contributed by atoms with E-state index in [1.165, 1.54) is 4.90 Å². The third-order valence-corrected chi connectivity index (χ3v) is 14.6. The van der Waals surface area contributed by atoms with E-state index in [9.17, 15) is 39.3 Å². The Morgan fingerprint density at radius 3 is 2.27 bits per heavy atom. The third kappa shape index (κ3) is 13.9. The number of aliphatic hydroxyl groups excluding tert-OH is 2. The molecule has 2 bridgehead atoms. The zero-order valence-electron chi connectivity index (χ0n) is 39.8. The van der Waals surface area contributed by atoms with Crippen molar-refractivity contribution in [3.63, 3.8) is 0 Å². The molecule has 0 aromatic carbocycles. The molecule has 0 spiro atoms. The second-order valence-corrected chi connectivity index (χ2v) is 19.9. The summed E-state index contributed by atoms with van der Waals surface area (Å²) in [5, 5.41) is 33.7. The van der Waals surface area contributed by atoms with Crippen LogP contribution in [0.25, 0.3) is 0 Å². The van der Waals surface area contributed by atoms with Crippen molar-refractivity contribution in [3.05, 3.63) is 47.6 Å². The molecule has 0 aromatic heterocycles. The number of methoxy groups -OCH3 is 1. The van der Waals surface area contributed by atoms with Crippen LogP contribution in [-0.4, -0.2) is 105 Å². The number of carbonyl (C=O) groups is 5. The lowest BCUT2D eigenvalue weighted by Gasteiger charge is -2.42. The van der Waals surface area contributed by atoms with Gasteiger partial charge in [-0.1, -0.05) is 84.9 Å². The number of ketones is 3. The van der Waals surface area contributed by atoms with E-state index in [4.69, 9.17) is 14.2 Å². The van der Waals surface area contributed by atoms with Crippen LogP contribution in [0.2, 0.25) is 0 Å². The highest BCUT2D eigenvalue weighted by Gasteiger charge is 2.53. The Labute approximate surface area is 376 Å². The Kier molecular flexibility index (Phi) is 19.7. The second-order valence-electron chi connectivity index (χ2n) is 19.9. The van der Waals surface area contributed by atoms with Gasteiger partial charge in [0.25, 0.3) is 11.7 Å². The van der Waals surface area contributed by atoms with Crippen molar-refractivity contribution >= 4 is 29.2 Å². The Balaban J connectivity index is 1.68. The van der Waals surface area contributed by atoms with Gasteiger partial charge in [-0.05, 0) is 113 Å². The number of piperidine rings is 1. The number of cyclic esters (lactones) is 1. The molecule has 3 heterocycles. The number of amides is 1. The molecule has 12 heteroatoms. The molecular weight excluding hydrogens is 803 g/mol. The maximum atomic E-state index is 14.3. The van der Waals surface area contributed by atoms with Crippen molar-refractivity contribution in [3.8, 4) is 0 Å². The van der Waals surface area contributed by atoms with Crippen molar-refractivity contribution < 1.29 is 53.5 Å². The van der Waals surface area contributed by atoms with E-state index >= 15 is 0 Å². The summed E-state index contributed by atoms with van der Waals surface area (Å²) in [5.74, 6) is -7.70. The van der Waals surface area contributed by atoms with E-state index in [0.717, 1.165) is 18.4 Å². The van der Waals surface area contributed by atoms with Crippen molar-refractivity contribution in [1.82, 2.24) is 4.90 Å². The van der Waals surface area contributed by atoms with E-state index in [1.807, 2.05) is 65.0 Å². The lowest BCUT2D eigenvalue weighted by atomic mass is 9.75. The SMILES string of the molecule is CO[C@H]1C[C@@H]2CC[C@@H](C)[C@@](O)(O2)C(=O)C(=O)N2CCCC[C@H]2C(=O)OC([C@H](C)CC2CC[C@@H](O)[C@H](C)C2)CC(=O)[C@H](C)/C=C(\C)C(O)C(C)C(=O)[C@H](C)C[C@H](C)/C=C/C=CC=C1C. The van der Waals surface area contributed by atoms with Gasteiger partial charge < -0.3 is 34.4 Å². The smallest absolute Gasteiger partial charge is 0.329 e. The van der Waals surface area contributed by atoms with Gasteiger partial charge in [0, 0.05) is 50.2 Å². The average molecular weight is 882 g/mol. The lowest BCUT2D eigenvalue weighted by Crippen LogP contribution is -2.61. The maximum Gasteiger partial charge on any atom is 0.329 e. The number of nitrogens with zero attached hydrogens (tertiary/aromatic N) is 1. The number of esters is 1. The minimum absolute atomic E-state index is 0.0599. The summed E-state index contributed by atoms with van der Waals surface area (Å²) in [7, 11) is 1.59. The quantitative estimate of drug-likeness (QED) is 0.146. The van der Waals surface area contributed by atoms with Crippen LogP contribution >= 0.6 is 0 Å². The standard InChI is InChI=1S/C51H79NO11/c1-30-16-12-11-13-17-31(2)44(61-10)28-40-21-19-37(8)51(60,63-40)48(57)49(58)52-23-15-14-18-41(52)50(59)62-45(34(5)27-39-20-22-42(53)33(4)26-39)29-43(54)32(3)25-36(7)47(56)38(9)46(55)35(6)24-30/h11-13,16-17,25,30,32-35,37-42,44-45,47,53,56,60H,14-15,18-24,26-29H2,1-10H3/b13-11?,16-12+,31-17?,36-25+/t30-,32-,33-,34-,35-,37-,38?,39?,40+,41+,42-,44+,45?,47?,51-/m1/s1. The van der Waals surface area contributed by atoms with Crippen LogP contribution in [-0.2, 0) is 38.2 Å². The van der Waals surface area contributed by atoms with Gasteiger partial charge >= 0.3 is 5.97 Å². The Bertz CT molecular complexity index is 1720. The van der Waals surface area contributed by atoms with Gasteiger partial charge in [0.2, 0.25) is 5.79 Å². The van der Waals surface area contributed by atoms with Gasteiger partial charge in [-0.3, -0.25) is 19.2 Å². The van der Waals surface area contributed by atoms with Gasteiger partial charge in [0.05, 0.1) is 24.4 Å². The number of aliphatic hydroxyl groups is 3. The number of Topliss-reactive ketones (excluding diaryl/α,β-unsaturated/α-hetero) is 3. The Hall–Kier alpha value is -3.29. The summed E-state index contributed by atoms with van der Waals surface area (Å²) < 4.78 is 18.3. The summed E-state index contributed by atoms with van der Waals surface area (Å²) >= 11 is 0. The van der Waals surface area contributed by atoms with Crippen molar-refractivity contribution in [2.45, 2.75) is 182 Å². The zero-order chi connectivity index (χ0) is 46.8. The van der Waals surface area contributed by atoms with Crippen molar-refractivity contribution in [2.24, 2.45) is 47.3 Å². The van der Waals surface area contributed by atoms with Crippen LogP contribution in [0.1, 0.15) is 139 Å². The number of hydrogen-bond acceptors (Lipinski definition) is 11. The molecule has 1 saturated carbocycles. The van der Waals surface area contributed by atoms with Crippen molar-refractivity contribution in [1.29, 1.82) is 0 Å². The lowest BCUT2D eigenvalue weighted by molar-refractivity contribution is -0.265. The van der Waals surface area contributed by atoms with E-state index in [2.05, 4.69) is 0 Å². The first-order chi connectivity index (χ1) is 29.7. The first-order valence-electron chi connectivity index (χ1n) is 23.8. The molecule has 2 saturated heterocycles. The predicted octanol–water partition coefficient (Wildman–Crippen LogP) is 7.42. The monoisotopic (exact) mass is 882 g/mol. The molecule has 4 unspecified atom stereocenters. The van der Waals surface area contributed by atoms with Crippen LogP contribution in [0.5, 0.6) is 0 Å². The molecule has 63 heavy (non-hydrogen) atoms. The highest BCUT2D eigenvalue weighted by Crippen LogP contribution is 2.38. The van der Waals surface area contributed by atoms with Crippen LogP contribution in [0.15, 0.2) is 47.6 Å². The fourth-order valence-corrected chi connectivity index (χ4v) is 10.2. The van der Waals surface area contributed by atoms with Crippen molar-refractivity contribution in [2.75, 3.05) is 13.7 Å². The highest BCUT2D eigenvalue weighted by atomic mass is 16.6. The molecule has 4 aliphatic rings. The molecule has 12 nitrogen and oxygen atoms in total. The third-order valence-electron chi connectivity index (χ3n) is 14.6. The summed E-state index contributed by atoms with van der Waals surface area (Å²) in [6.07, 6.45) is 14.2. The minimum atomic E-state index is -2.41. The minimum Gasteiger partial charge on any atom is -0.460 e. The zero-order valence-corrected chi connectivity index (χ0v) is 39.8. The van der Waals surface area contributed by atoms with E-state index in [0.29, 0.717) is 56.9 Å². The first kappa shape index (κ1) is 52.3. The fraction of sp³-hybridized carbons (Fsp3) is 0.745. The van der Waals surface area contributed by atoms with Crippen LogP contribution in [0, 0.1) is 47.3 Å².